The summed E-state index contributed by atoms with van der Waals surface area (Å²) in [6.45, 7) is 12.4. The average molecular weight is 348 g/mol. The highest BCUT2D eigenvalue weighted by atomic mass is 32.1. The molecule has 1 aliphatic heterocycles. The molecular weight excluding hydrogens is 322 g/mol. The first-order valence-corrected chi connectivity index (χ1v) is 11.9. The van der Waals surface area contributed by atoms with E-state index in [4.69, 9.17) is 14.1 Å². The minimum Gasteiger partial charge on any atom is -0.491 e. The molecule has 3 heterocycles. The van der Waals surface area contributed by atoms with E-state index in [1.54, 1.807) is 11.3 Å². The van der Waals surface area contributed by atoms with Gasteiger partial charge < -0.3 is 9.16 Å². The number of pyridine rings is 1. The van der Waals surface area contributed by atoms with Crippen LogP contribution in [0, 0.1) is 0 Å². The standard InChI is InChI=1S/C18H25NO2SSi/c1-18(2,3)13-10-15-16(19-14(13)11-21-23(4)5)17-12(6-8-20-15)7-9-22-17/h7,9-10,23H,6,8,11H2,1-5H3. The maximum absolute atomic E-state index is 6.02. The van der Waals surface area contributed by atoms with Gasteiger partial charge >= 0.3 is 0 Å². The first-order valence-electron chi connectivity index (χ1n) is 8.22. The minimum atomic E-state index is -1.08. The van der Waals surface area contributed by atoms with E-state index < -0.39 is 9.04 Å². The summed E-state index contributed by atoms with van der Waals surface area (Å²) >= 11 is 1.75. The summed E-state index contributed by atoms with van der Waals surface area (Å²) in [5, 5.41) is 2.15. The lowest BCUT2D eigenvalue weighted by molar-refractivity contribution is 0.302. The van der Waals surface area contributed by atoms with Crippen LogP contribution in [-0.2, 0) is 22.9 Å². The van der Waals surface area contributed by atoms with Crippen molar-refractivity contribution in [2.75, 3.05) is 6.61 Å². The topological polar surface area (TPSA) is 31.4 Å². The SMILES string of the molecule is C[SiH](C)OCc1nc2c(cc1C(C)(C)C)OCCc1ccsc1-2. The van der Waals surface area contributed by atoms with Crippen molar-refractivity contribution >= 4 is 20.4 Å². The highest BCUT2D eigenvalue weighted by molar-refractivity contribution is 7.13. The van der Waals surface area contributed by atoms with Crippen LogP contribution in [0.5, 0.6) is 5.75 Å². The predicted octanol–water partition coefficient (Wildman–Crippen LogP) is 4.54. The van der Waals surface area contributed by atoms with Crippen LogP contribution in [0.3, 0.4) is 0 Å². The summed E-state index contributed by atoms with van der Waals surface area (Å²) in [4.78, 5) is 6.26. The molecule has 0 N–H and O–H groups in total. The lowest BCUT2D eigenvalue weighted by Gasteiger charge is -2.24. The van der Waals surface area contributed by atoms with E-state index in [9.17, 15) is 0 Å². The molecule has 0 atom stereocenters. The molecule has 124 valence electrons. The van der Waals surface area contributed by atoms with Crippen molar-refractivity contribution in [2.24, 2.45) is 0 Å². The fraction of sp³-hybridized carbons (Fsp3) is 0.500. The lowest BCUT2D eigenvalue weighted by Crippen LogP contribution is -2.18. The maximum atomic E-state index is 6.02. The summed E-state index contributed by atoms with van der Waals surface area (Å²) in [6, 6.07) is 4.38. The number of rotatable bonds is 3. The summed E-state index contributed by atoms with van der Waals surface area (Å²) in [5.74, 6) is 0.918. The van der Waals surface area contributed by atoms with Gasteiger partial charge in [-0.05, 0) is 47.1 Å². The number of hydrogen-bond donors (Lipinski definition) is 0. The van der Waals surface area contributed by atoms with Crippen molar-refractivity contribution in [3.8, 4) is 16.3 Å². The van der Waals surface area contributed by atoms with E-state index in [-0.39, 0.29) is 5.41 Å². The molecule has 0 amide bonds. The Morgan fingerprint density at radius 2 is 2.13 bits per heavy atom. The molecular formula is C18H25NO2SSi. The molecule has 0 spiro atoms. The van der Waals surface area contributed by atoms with Crippen LogP contribution >= 0.6 is 11.3 Å². The summed E-state index contributed by atoms with van der Waals surface area (Å²) < 4.78 is 12.0. The quantitative estimate of drug-likeness (QED) is 0.764. The van der Waals surface area contributed by atoms with Crippen molar-refractivity contribution < 1.29 is 9.16 Å². The van der Waals surface area contributed by atoms with Crippen molar-refractivity contribution in [1.29, 1.82) is 0 Å². The van der Waals surface area contributed by atoms with Gasteiger partial charge in [0.2, 0.25) is 0 Å². The summed E-state index contributed by atoms with van der Waals surface area (Å²) in [6.07, 6.45) is 0.949. The third kappa shape index (κ3) is 3.52. The second kappa shape index (κ2) is 6.38. The van der Waals surface area contributed by atoms with Crippen molar-refractivity contribution in [2.45, 2.75) is 52.3 Å². The molecule has 0 bridgehead atoms. The Labute approximate surface area is 144 Å². The molecule has 0 saturated carbocycles. The van der Waals surface area contributed by atoms with Crippen molar-refractivity contribution in [3.63, 3.8) is 0 Å². The first kappa shape index (κ1) is 16.7. The molecule has 23 heavy (non-hydrogen) atoms. The molecule has 5 heteroatoms. The second-order valence-electron chi connectivity index (χ2n) is 7.31. The first-order chi connectivity index (χ1) is 10.9. The lowest BCUT2D eigenvalue weighted by atomic mass is 9.85. The van der Waals surface area contributed by atoms with Crippen LogP contribution in [0.15, 0.2) is 17.5 Å². The van der Waals surface area contributed by atoms with Gasteiger partial charge in [-0.15, -0.1) is 11.3 Å². The summed E-state index contributed by atoms with van der Waals surface area (Å²) in [5.41, 5.74) is 4.64. The van der Waals surface area contributed by atoms with Gasteiger partial charge in [0, 0.05) is 6.42 Å². The molecule has 0 aromatic carbocycles. The fourth-order valence-electron chi connectivity index (χ4n) is 2.82. The molecule has 0 radical (unpaired) electrons. The monoisotopic (exact) mass is 347 g/mol. The normalized spacial score (nSPS) is 14.2. The van der Waals surface area contributed by atoms with Gasteiger partial charge in [0.1, 0.15) is 11.4 Å². The van der Waals surface area contributed by atoms with Crippen molar-refractivity contribution in [1.82, 2.24) is 4.98 Å². The van der Waals surface area contributed by atoms with Crippen LogP contribution in [0.4, 0.5) is 0 Å². The van der Waals surface area contributed by atoms with Gasteiger partial charge in [-0.1, -0.05) is 20.8 Å². The van der Waals surface area contributed by atoms with Gasteiger partial charge in [0.15, 0.2) is 9.04 Å². The fourth-order valence-corrected chi connectivity index (χ4v) is 4.26. The number of thiophene rings is 1. The minimum absolute atomic E-state index is 0.0210. The van der Waals surface area contributed by atoms with Crippen LogP contribution in [0.25, 0.3) is 10.6 Å². The highest BCUT2D eigenvalue weighted by Crippen LogP contribution is 2.40. The van der Waals surface area contributed by atoms with Crippen molar-refractivity contribution in [3.05, 3.63) is 34.3 Å². The smallest absolute Gasteiger partial charge is 0.171 e. The molecule has 1 aliphatic rings. The van der Waals surface area contributed by atoms with Crippen LogP contribution < -0.4 is 4.74 Å². The Bertz CT molecular complexity index is 704. The Morgan fingerprint density at radius 1 is 1.35 bits per heavy atom. The number of hydrogen-bond acceptors (Lipinski definition) is 4. The number of fused-ring (bicyclic) bond motifs is 3. The Kier molecular flexibility index (Phi) is 4.62. The number of ether oxygens (including phenoxy) is 1. The van der Waals surface area contributed by atoms with Gasteiger partial charge in [-0.3, -0.25) is 0 Å². The Hall–Kier alpha value is -1.17. The van der Waals surface area contributed by atoms with Crippen LogP contribution in [0.2, 0.25) is 13.1 Å². The second-order valence-corrected chi connectivity index (χ2v) is 10.7. The largest absolute Gasteiger partial charge is 0.491 e. The maximum Gasteiger partial charge on any atom is 0.171 e. The van der Waals surface area contributed by atoms with E-state index in [0.717, 1.165) is 30.2 Å². The van der Waals surface area contributed by atoms with Gasteiger partial charge in [-0.2, -0.15) is 0 Å². The van der Waals surface area contributed by atoms with Crippen LogP contribution in [-0.4, -0.2) is 20.6 Å². The molecule has 2 aromatic heterocycles. The Balaban J connectivity index is 2.12. The van der Waals surface area contributed by atoms with Gasteiger partial charge in [-0.25, -0.2) is 4.98 Å². The van der Waals surface area contributed by atoms with E-state index >= 15 is 0 Å². The van der Waals surface area contributed by atoms with E-state index in [1.165, 1.54) is 16.0 Å². The average Bonchev–Trinajstić information content (AvgIpc) is 2.86. The molecule has 0 aliphatic carbocycles. The molecule has 0 unspecified atom stereocenters. The van der Waals surface area contributed by atoms with Crippen LogP contribution in [0.1, 0.15) is 37.6 Å². The molecule has 2 aromatic rings. The number of nitrogens with zero attached hydrogens (tertiary/aromatic N) is 1. The third-order valence-electron chi connectivity index (χ3n) is 4.02. The van der Waals surface area contributed by atoms with E-state index in [1.807, 2.05) is 0 Å². The summed E-state index contributed by atoms with van der Waals surface area (Å²) in [7, 11) is -1.08. The van der Waals surface area contributed by atoms with Gasteiger partial charge in [0.05, 0.1) is 23.8 Å². The molecule has 3 nitrogen and oxygen atoms in total. The third-order valence-corrected chi connectivity index (χ3v) is 5.82. The zero-order valence-corrected chi connectivity index (χ0v) is 16.6. The van der Waals surface area contributed by atoms with Gasteiger partial charge in [0.25, 0.3) is 0 Å². The zero-order valence-electron chi connectivity index (χ0n) is 14.6. The van der Waals surface area contributed by atoms with E-state index in [2.05, 4.69) is 51.4 Å². The molecule has 0 saturated heterocycles. The predicted molar refractivity (Wildman–Crippen MR) is 99.1 cm³/mol. The number of aromatic nitrogens is 1. The zero-order chi connectivity index (χ0) is 16.6. The molecule has 0 fully saturated rings. The van der Waals surface area contributed by atoms with E-state index in [0.29, 0.717) is 6.61 Å². The molecule has 3 rings (SSSR count). The Morgan fingerprint density at radius 3 is 2.83 bits per heavy atom. The highest BCUT2D eigenvalue weighted by Gasteiger charge is 2.26.